The highest BCUT2D eigenvalue weighted by Gasteiger charge is 2.41. The van der Waals surface area contributed by atoms with E-state index in [-0.39, 0.29) is 57.2 Å². The zero-order valence-corrected chi connectivity index (χ0v) is 44.1. The Morgan fingerprint density at radius 3 is 1.88 bits per heavy atom. The molecule has 0 saturated carbocycles. The molecular weight excluding hydrogens is 961 g/mol. The highest BCUT2D eigenvalue weighted by atomic mass is 32.1. The van der Waals surface area contributed by atoms with Gasteiger partial charge < -0.3 is 74.6 Å². The van der Waals surface area contributed by atoms with Gasteiger partial charge in [-0.1, -0.05) is 47.5 Å². The number of primary amides is 1. The fourth-order valence-electron chi connectivity index (χ4n) is 7.26. The number of nitrogens with one attached hydrogen (secondary N) is 8. The highest BCUT2D eigenvalue weighted by Crippen LogP contribution is 2.22. The van der Waals surface area contributed by atoms with Gasteiger partial charge in [-0.15, -0.1) is 0 Å². The summed E-state index contributed by atoms with van der Waals surface area (Å²) in [5.74, 6) is -9.22. The molecule has 9 atom stereocenters. The van der Waals surface area contributed by atoms with E-state index in [9.17, 15) is 57.8 Å². The smallest absolute Gasteiger partial charge is 0.245 e. The van der Waals surface area contributed by atoms with Crippen LogP contribution in [0.25, 0.3) is 0 Å². The van der Waals surface area contributed by atoms with Gasteiger partial charge in [0.2, 0.25) is 65.0 Å². The third kappa shape index (κ3) is 21.2. The average Bonchev–Trinajstić information content (AvgIpc) is 3.80. The molecule has 26 nitrogen and oxygen atoms in total. The fourth-order valence-corrected chi connectivity index (χ4v) is 7.44. The second-order valence-corrected chi connectivity index (χ2v) is 20.0. The van der Waals surface area contributed by atoms with Crippen LogP contribution in [0.3, 0.4) is 0 Å². The van der Waals surface area contributed by atoms with Crippen molar-refractivity contribution >= 4 is 83.6 Å². The van der Waals surface area contributed by atoms with Crippen molar-refractivity contribution in [2.45, 2.75) is 160 Å². The minimum Gasteiger partial charge on any atom is -0.394 e. The van der Waals surface area contributed by atoms with Crippen LogP contribution in [0.15, 0.2) is 4.99 Å². The first kappa shape index (κ1) is 63.8. The van der Waals surface area contributed by atoms with Crippen molar-refractivity contribution in [3.05, 3.63) is 0 Å². The maximum absolute atomic E-state index is 14.2. The lowest BCUT2D eigenvalue weighted by molar-refractivity contribution is -0.142. The van der Waals surface area contributed by atoms with Crippen LogP contribution in [0.2, 0.25) is 0 Å². The van der Waals surface area contributed by atoms with E-state index in [1.807, 2.05) is 0 Å². The van der Waals surface area contributed by atoms with Gasteiger partial charge in [0.1, 0.15) is 48.3 Å². The number of nitrogens with two attached hydrogens (primary N) is 3. The van der Waals surface area contributed by atoms with Gasteiger partial charge in [0, 0.05) is 31.8 Å². The molecule has 0 bridgehead atoms. The zero-order valence-electron chi connectivity index (χ0n) is 43.2. The molecule has 0 aromatic rings. The van der Waals surface area contributed by atoms with E-state index >= 15 is 0 Å². The third-order valence-electron chi connectivity index (χ3n) is 11.9. The molecule has 1 heterocycles. The molecule has 1 rings (SSSR count). The van der Waals surface area contributed by atoms with Crippen molar-refractivity contribution in [3.63, 3.8) is 0 Å². The summed E-state index contributed by atoms with van der Waals surface area (Å²) in [7, 11) is 1.41. The molecular formula is C45H80N14O12S. The normalized spacial score (nSPS) is 16.7. The highest BCUT2D eigenvalue weighted by molar-refractivity contribution is 7.81. The summed E-state index contributed by atoms with van der Waals surface area (Å²) < 4.78 is -1.31. The van der Waals surface area contributed by atoms with Crippen molar-refractivity contribution in [1.82, 2.24) is 52.3 Å². The van der Waals surface area contributed by atoms with Crippen LogP contribution in [-0.2, 0) is 52.7 Å². The molecule has 0 unspecified atom stereocenters. The monoisotopic (exact) mass is 1040 g/mol. The lowest BCUT2D eigenvalue weighted by Crippen LogP contribution is -2.64. The van der Waals surface area contributed by atoms with Crippen molar-refractivity contribution in [3.8, 4) is 0 Å². The van der Waals surface area contributed by atoms with E-state index in [0.717, 1.165) is 4.90 Å². The van der Waals surface area contributed by atoms with E-state index in [1.165, 1.54) is 39.6 Å². The summed E-state index contributed by atoms with van der Waals surface area (Å²) in [5, 5.41) is 30.7. The van der Waals surface area contributed by atoms with Crippen LogP contribution in [-0.4, -0.2) is 179 Å². The Morgan fingerprint density at radius 2 is 1.35 bits per heavy atom. The lowest BCUT2D eigenvalue weighted by atomic mass is 9.96. The predicted octanol–water partition coefficient (Wildman–Crippen LogP) is -4.27. The first-order chi connectivity index (χ1) is 33.5. The Kier molecular flexibility index (Phi) is 27.1. The minimum absolute atomic E-state index is 0.0294. The van der Waals surface area contributed by atoms with Gasteiger partial charge >= 0.3 is 0 Å². The number of hydrogen-bond donors (Lipinski definition) is 13. The zero-order chi connectivity index (χ0) is 55.2. The van der Waals surface area contributed by atoms with Gasteiger partial charge in [-0.05, 0) is 64.7 Å². The molecule has 0 radical (unpaired) electrons. The molecule has 0 spiro atoms. The van der Waals surface area contributed by atoms with E-state index in [1.54, 1.807) is 34.6 Å². The van der Waals surface area contributed by atoms with Gasteiger partial charge in [0.15, 0.2) is 5.96 Å². The van der Waals surface area contributed by atoms with Crippen LogP contribution in [0.1, 0.15) is 107 Å². The van der Waals surface area contributed by atoms with Crippen LogP contribution in [0, 0.1) is 11.8 Å². The molecule has 15 N–H and O–H groups in total. The number of aliphatic hydroxyl groups excluding tert-OH is 1. The quantitative estimate of drug-likeness (QED) is 0.0140. The van der Waals surface area contributed by atoms with Crippen LogP contribution in [0.5, 0.6) is 0 Å². The molecule has 0 aliphatic carbocycles. The van der Waals surface area contributed by atoms with Crippen LogP contribution in [0.4, 0.5) is 0 Å². The second-order valence-electron chi connectivity index (χ2n) is 18.8. The summed E-state index contributed by atoms with van der Waals surface area (Å²) in [4.78, 5) is 151. The fraction of sp³-hybridized carbons (Fsp3) is 0.733. The van der Waals surface area contributed by atoms with E-state index in [2.05, 4.69) is 60.2 Å². The molecule has 0 aromatic carbocycles. The van der Waals surface area contributed by atoms with E-state index < -0.39 is 137 Å². The molecule has 27 heteroatoms. The van der Waals surface area contributed by atoms with Gasteiger partial charge in [0.05, 0.1) is 19.7 Å². The maximum Gasteiger partial charge on any atom is 0.245 e. The first-order valence-electron chi connectivity index (χ1n) is 24.1. The average molecular weight is 1040 g/mol. The number of guanidine groups is 1. The summed E-state index contributed by atoms with van der Waals surface area (Å²) in [6, 6.07) is -10.1. The van der Waals surface area contributed by atoms with Crippen LogP contribution >= 0.6 is 12.6 Å². The molecule has 1 aliphatic rings. The first-order valence-corrected chi connectivity index (χ1v) is 24.5. The number of aliphatic hydroxyl groups is 1. The van der Waals surface area contributed by atoms with E-state index in [4.69, 9.17) is 17.2 Å². The standard InChI is InChI=1S/C45H80N14O12S/c1-11-15-27(52-38(66)29(22-60)54-42(70)35(45(8,9)72)57-40(68)33(23(3)4)55-31(62)20-50-32(63)21-58(10)26(7)61)37(65)56-34(24(5)12-2)41(69)53-28(16-13-18-49-44(47)48)43(71)59-19-14-17-30(59)39(67)51-25(6)36(46)64/h23-25,27-30,33-35,60,72H,11-22H2,1-10H3,(H2,46,64)(H,50,63)(H,51,67)(H,52,66)(H,53,69)(H,54,70)(H,55,62)(H,56,65)(H,57,68)(H4,47,48,49)/t24-,25+,27-,28-,29-,30-,33-,34-,35-/m0/s1. The minimum atomic E-state index is -1.67. The molecule has 11 amide bonds. The molecule has 72 heavy (non-hydrogen) atoms. The number of carbonyl (C=O) groups is 11. The van der Waals surface area contributed by atoms with E-state index in [0.29, 0.717) is 19.3 Å². The Bertz CT molecular complexity index is 1960. The Labute approximate surface area is 426 Å². The van der Waals surface area contributed by atoms with Gasteiger partial charge in [0.25, 0.3) is 0 Å². The van der Waals surface area contributed by atoms with Crippen molar-refractivity contribution in [2.75, 3.05) is 39.8 Å². The summed E-state index contributed by atoms with van der Waals surface area (Å²) in [5.41, 5.74) is 16.3. The lowest BCUT2D eigenvalue weighted by Gasteiger charge is -2.33. The summed E-state index contributed by atoms with van der Waals surface area (Å²) in [6.07, 6.45) is 1.77. The number of amides is 11. The number of thiol groups is 1. The summed E-state index contributed by atoms with van der Waals surface area (Å²) in [6.45, 7) is 12.6. The van der Waals surface area contributed by atoms with Gasteiger partial charge in [-0.2, -0.15) is 12.6 Å². The molecule has 1 fully saturated rings. The predicted molar refractivity (Wildman–Crippen MR) is 269 cm³/mol. The number of carbonyl (C=O) groups excluding carboxylic acids is 11. The third-order valence-corrected chi connectivity index (χ3v) is 12.1. The van der Waals surface area contributed by atoms with Crippen molar-refractivity contribution < 1.29 is 57.8 Å². The van der Waals surface area contributed by atoms with Crippen LogP contribution < -0.4 is 59.7 Å². The Hall–Kier alpha value is -6.25. The van der Waals surface area contributed by atoms with Crippen molar-refractivity contribution in [2.24, 2.45) is 34.0 Å². The molecule has 408 valence electrons. The topological polar surface area (TPSA) is 401 Å². The largest absolute Gasteiger partial charge is 0.394 e. The Balaban J connectivity index is 3.29. The van der Waals surface area contributed by atoms with Crippen molar-refractivity contribution in [1.29, 1.82) is 0 Å². The number of rotatable bonds is 30. The van der Waals surface area contributed by atoms with Gasteiger partial charge in [-0.3, -0.25) is 57.7 Å². The number of likely N-dealkylation sites (tertiary alicyclic amines) is 1. The second kappa shape index (κ2) is 30.6. The summed E-state index contributed by atoms with van der Waals surface area (Å²) >= 11 is 4.50. The number of nitrogens with zero attached hydrogens (tertiary/aromatic N) is 3. The maximum atomic E-state index is 14.2. The molecule has 0 aromatic heterocycles. The number of aliphatic imine (C=N–C) groups is 1. The number of likely N-dealkylation sites (N-methyl/N-ethyl adjacent to an activating group) is 1. The SMILES string of the molecule is CCC[C@H](NC(=O)[C@H](CO)NC(=O)[C@H](NC(=O)[C@@H](NC(=O)CNC(=O)CN(C)C(C)=O)C(C)C)C(C)(C)S)C(=O)N[C@H](C(=O)N[C@@H](CCCN=C(N)N)C(=O)N1CCC[C@H]1C(=O)N[C@H](C)C(N)=O)[C@@H](C)CC. The molecule has 1 aliphatic heterocycles. The number of hydrogen-bond acceptors (Lipinski definition) is 14. The van der Waals surface area contributed by atoms with Gasteiger partial charge in [-0.25, -0.2) is 0 Å². The Morgan fingerprint density at radius 1 is 0.764 bits per heavy atom. The molecule has 1 saturated heterocycles.